The van der Waals surface area contributed by atoms with Crippen LogP contribution in [0.3, 0.4) is 0 Å². The molecule has 142 valence electrons. The van der Waals surface area contributed by atoms with Crippen LogP contribution >= 0.6 is 0 Å². The molecule has 0 aliphatic carbocycles. The van der Waals surface area contributed by atoms with E-state index in [4.69, 9.17) is 4.74 Å². The van der Waals surface area contributed by atoms with Crippen LogP contribution in [0.25, 0.3) is 0 Å². The highest BCUT2D eigenvalue weighted by atomic mass is 16.5. The maximum absolute atomic E-state index is 6.03. The average molecular weight is 346 g/mol. The van der Waals surface area contributed by atoms with Crippen LogP contribution in [0.4, 0.5) is 0 Å². The van der Waals surface area contributed by atoms with Gasteiger partial charge in [-0.2, -0.15) is 0 Å². The lowest BCUT2D eigenvalue weighted by molar-refractivity contribution is 0.120. The molecule has 2 heteroatoms. The minimum absolute atomic E-state index is 0.193. The van der Waals surface area contributed by atoms with E-state index in [1.54, 1.807) is 0 Å². The predicted molar refractivity (Wildman–Crippen MR) is 109 cm³/mol. The molecule has 1 aromatic rings. The molecular weight excluding hydrogens is 306 g/mol. The number of nitrogens with zero attached hydrogens (tertiary/aromatic N) is 1. The minimum atomic E-state index is 0.193. The SMILES string of the molecule is CCC1CCCCN1CCOc1ccc(C(C)(C)CC(C)(C)C)cc1. The molecule has 0 aromatic heterocycles. The molecule has 1 unspecified atom stereocenters. The van der Waals surface area contributed by atoms with Gasteiger partial charge in [-0.1, -0.05) is 60.1 Å². The van der Waals surface area contributed by atoms with Crippen LogP contribution < -0.4 is 4.74 Å². The van der Waals surface area contributed by atoms with Crippen molar-refractivity contribution in [2.45, 2.75) is 85.1 Å². The molecule has 0 amide bonds. The highest BCUT2D eigenvalue weighted by molar-refractivity contribution is 5.31. The molecule has 1 atom stereocenters. The monoisotopic (exact) mass is 345 g/mol. The number of benzene rings is 1. The Balaban J connectivity index is 1.86. The zero-order valence-electron chi connectivity index (χ0n) is 17.4. The Morgan fingerprint density at radius 3 is 2.32 bits per heavy atom. The van der Waals surface area contributed by atoms with Crippen molar-refractivity contribution in [2.24, 2.45) is 5.41 Å². The van der Waals surface area contributed by atoms with E-state index in [2.05, 4.69) is 70.7 Å². The first-order valence-corrected chi connectivity index (χ1v) is 10.2. The molecule has 1 aliphatic rings. The number of ether oxygens (including phenoxy) is 1. The normalized spacial score (nSPS) is 19.8. The van der Waals surface area contributed by atoms with Gasteiger partial charge in [0.1, 0.15) is 12.4 Å². The summed E-state index contributed by atoms with van der Waals surface area (Å²) in [4.78, 5) is 2.62. The van der Waals surface area contributed by atoms with Crippen molar-refractivity contribution < 1.29 is 4.74 Å². The molecule has 25 heavy (non-hydrogen) atoms. The third-order valence-corrected chi connectivity index (χ3v) is 5.48. The third-order valence-electron chi connectivity index (χ3n) is 5.48. The number of piperidine rings is 1. The first kappa shape index (κ1) is 20.3. The number of likely N-dealkylation sites (tertiary alicyclic amines) is 1. The summed E-state index contributed by atoms with van der Waals surface area (Å²) in [6.45, 7) is 17.0. The summed E-state index contributed by atoms with van der Waals surface area (Å²) < 4.78 is 6.03. The maximum atomic E-state index is 6.03. The van der Waals surface area contributed by atoms with Gasteiger partial charge in [-0.25, -0.2) is 0 Å². The van der Waals surface area contributed by atoms with Crippen molar-refractivity contribution in [3.63, 3.8) is 0 Å². The van der Waals surface area contributed by atoms with Crippen LogP contribution in [-0.4, -0.2) is 30.6 Å². The van der Waals surface area contributed by atoms with Crippen molar-refractivity contribution in [3.8, 4) is 5.75 Å². The first-order chi connectivity index (χ1) is 11.7. The quantitative estimate of drug-likeness (QED) is 0.597. The molecule has 1 saturated heterocycles. The summed E-state index contributed by atoms with van der Waals surface area (Å²) in [5.74, 6) is 1.00. The standard InChI is InChI=1S/C23H39NO/c1-7-20-10-8-9-15-24(20)16-17-25-21-13-11-19(12-14-21)23(5,6)18-22(2,3)4/h11-14,20H,7-10,15-18H2,1-6H3. The largest absolute Gasteiger partial charge is 0.492 e. The van der Waals surface area contributed by atoms with E-state index >= 15 is 0 Å². The van der Waals surface area contributed by atoms with Crippen LogP contribution in [0.2, 0.25) is 0 Å². The van der Waals surface area contributed by atoms with Crippen molar-refractivity contribution in [2.75, 3.05) is 19.7 Å². The molecular formula is C23H39NO. The van der Waals surface area contributed by atoms with E-state index in [0.29, 0.717) is 5.41 Å². The van der Waals surface area contributed by atoms with Crippen molar-refractivity contribution in [1.82, 2.24) is 4.90 Å². The molecule has 0 saturated carbocycles. The molecule has 1 aromatic carbocycles. The second-order valence-electron chi connectivity index (χ2n) is 9.59. The van der Waals surface area contributed by atoms with Crippen LogP contribution in [0.1, 0.15) is 79.2 Å². The van der Waals surface area contributed by atoms with E-state index in [9.17, 15) is 0 Å². The van der Waals surface area contributed by atoms with Gasteiger partial charge in [0.05, 0.1) is 0 Å². The summed E-state index contributed by atoms with van der Waals surface area (Å²) in [6, 6.07) is 9.55. The van der Waals surface area contributed by atoms with Gasteiger partial charge in [-0.15, -0.1) is 0 Å². The zero-order chi connectivity index (χ0) is 18.5. The van der Waals surface area contributed by atoms with Crippen LogP contribution in [-0.2, 0) is 5.41 Å². The molecule has 0 spiro atoms. The molecule has 0 radical (unpaired) electrons. The number of rotatable bonds is 7. The van der Waals surface area contributed by atoms with Gasteiger partial charge < -0.3 is 4.74 Å². The van der Waals surface area contributed by atoms with Gasteiger partial charge in [0.15, 0.2) is 0 Å². The van der Waals surface area contributed by atoms with Crippen molar-refractivity contribution >= 4 is 0 Å². The Morgan fingerprint density at radius 2 is 1.72 bits per heavy atom. The first-order valence-electron chi connectivity index (χ1n) is 10.2. The highest BCUT2D eigenvalue weighted by Gasteiger charge is 2.27. The molecule has 1 fully saturated rings. The molecule has 1 aliphatic heterocycles. The highest BCUT2D eigenvalue weighted by Crippen LogP contribution is 2.36. The summed E-state index contributed by atoms with van der Waals surface area (Å²) in [5.41, 5.74) is 1.93. The molecule has 0 N–H and O–H groups in total. The topological polar surface area (TPSA) is 12.5 Å². The van der Waals surface area contributed by atoms with Gasteiger partial charge in [0.2, 0.25) is 0 Å². The number of hydrogen-bond donors (Lipinski definition) is 0. The Labute approximate surface area is 156 Å². The summed E-state index contributed by atoms with van der Waals surface area (Å²) in [6.07, 6.45) is 6.52. The lowest BCUT2D eigenvalue weighted by Gasteiger charge is -2.35. The van der Waals surface area contributed by atoms with E-state index in [1.807, 2.05) is 0 Å². The predicted octanol–water partition coefficient (Wildman–Crippen LogP) is 6.04. The van der Waals surface area contributed by atoms with Crippen LogP contribution in [0, 0.1) is 5.41 Å². The smallest absolute Gasteiger partial charge is 0.119 e. The van der Waals surface area contributed by atoms with Gasteiger partial charge in [0.25, 0.3) is 0 Å². The van der Waals surface area contributed by atoms with Gasteiger partial charge in [-0.3, -0.25) is 4.90 Å². The van der Waals surface area contributed by atoms with Crippen LogP contribution in [0.5, 0.6) is 5.75 Å². The Kier molecular flexibility index (Phi) is 6.96. The van der Waals surface area contributed by atoms with Gasteiger partial charge in [-0.05, 0) is 60.8 Å². The zero-order valence-corrected chi connectivity index (χ0v) is 17.4. The Bertz CT molecular complexity index is 512. The molecule has 2 nitrogen and oxygen atoms in total. The summed E-state index contributed by atoms with van der Waals surface area (Å²) in [7, 11) is 0. The minimum Gasteiger partial charge on any atom is -0.492 e. The molecule has 0 bridgehead atoms. The summed E-state index contributed by atoms with van der Waals surface area (Å²) in [5, 5.41) is 0. The van der Waals surface area contributed by atoms with E-state index in [0.717, 1.165) is 24.9 Å². The molecule has 1 heterocycles. The third kappa shape index (κ3) is 6.33. The van der Waals surface area contributed by atoms with Gasteiger partial charge >= 0.3 is 0 Å². The fraction of sp³-hybridized carbons (Fsp3) is 0.739. The lowest BCUT2D eigenvalue weighted by atomic mass is 9.72. The van der Waals surface area contributed by atoms with E-state index < -0.39 is 0 Å². The van der Waals surface area contributed by atoms with E-state index in [-0.39, 0.29) is 5.41 Å². The Morgan fingerprint density at radius 1 is 1.04 bits per heavy atom. The summed E-state index contributed by atoms with van der Waals surface area (Å²) >= 11 is 0. The molecule has 2 rings (SSSR count). The Hall–Kier alpha value is -1.02. The lowest BCUT2D eigenvalue weighted by Crippen LogP contribution is -2.41. The van der Waals surface area contributed by atoms with Crippen molar-refractivity contribution in [3.05, 3.63) is 29.8 Å². The van der Waals surface area contributed by atoms with Crippen molar-refractivity contribution in [1.29, 1.82) is 0 Å². The average Bonchev–Trinajstić information content (AvgIpc) is 2.53. The number of hydrogen-bond acceptors (Lipinski definition) is 2. The second-order valence-corrected chi connectivity index (χ2v) is 9.59. The van der Waals surface area contributed by atoms with Crippen LogP contribution in [0.15, 0.2) is 24.3 Å². The van der Waals surface area contributed by atoms with E-state index in [1.165, 1.54) is 44.2 Å². The van der Waals surface area contributed by atoms with Gasteiger partial charge in [0, 0.05) is 12.6 Å². The fourth-order valence-corrected chi connectivity index (χ4v) is 4.53. The second kappa shape index (κ2) is 8.58. The fourth-order valence-electron chi connectivity index (χ4n) is 4.53. The maximum Gasteiger partial charge on any atom is 0.119 e.